The minimum atomic E-state index is -0.250. The quantitative estimate of drug-likeness (QED) is 0.781. The van der Waals surface area contributed by atoms with Crippen molar-refractivity contribution in [1.29, 1.82) is 0 Å². The molecule has 1 unspecified atom stereocenters. The summed E-state index contributed by atoms with van der Waals surface area (Å²) >= 11 is 0. The molecule has 2 aromatic rings. The van der Waals surface area contributed by atoms with Gasteiger partial charge in [-0.15, -0.1) is 0 Å². The number of aryl methyl sites for hydroxylation is 1. The van der Waals surface area contributed by atoms with Gasteiger partial charge in [0.1, 0.15) is 12.2 Å². The van der Waals surface area contributed by atoms with Crippen LogP contribution < -0.4 is 14.8 Å². The second-order valence-electron chi connectivity index (χ2n) is 5.60. The zero-order chi connectivity index (χ0) is 17.6. The standard InChI is InChI=1S/C15H16N4O3.CH2O2/c20-15(11-2-4-14-17-8-18-19(14)7-11)16-6-10-1-3-12-13(5-10)22-9-21-12;2-1-3/h1,3,5,8,11H,2,4,6-7,9H2,(H,16,20);1H,(H,2,3). The molecule has 132 valence electrons. The topological polar surface area (TPSA) is 116 Å². The number of carboxylic acid groups (broad SMARTS) is 1. The lowest BCUT2D eigenvalue weighted by atomic mass is 9.99. The van der Waals surface area contributed by atoms with Crippen molar-refractivity contribution in [2.24, 2.45) is 5.92 Å². The van der Waals surface area contributed by atoms with Gasteiger partial charge in [-0.2, -0.15) is 5.10 Å². The fourth-order valence-corrected chi connectivity index (χ4v) is 2.84. The van der Waals surface area contributed by atoms with Crippen molar-refractivity contribution in [3.8, 4) is 11.5 Å². The number of benzene rings is 1. The van der Waals surface area contributed by atoms with E-state index in [1.165, 1.54) is 0 Å². The molecular weight excluding hydrogens is 328 g/mol. The zero-order valence-corrected chi connectivity index (χ0v) is 13.4. The molecule has 9 heteroatoms. The van der Waals surface area contributed by atoms with E-state index in [4.69, 9.17) is 19.4 Å². The molecule has 0 bridgehead atoms. The Kier molecular flexibility index (Phi) is 5.12. The molecule has 1 aromatic heterocycles. The van der Waals surface area contributed by atoms with Crippen LogP contribution in [0.15, 0.2) is 24.5 Å². The molecule has 2 aliphatic heterocycles. The molecule has 0 saturated carbocycles. The molecule has 9 nitrogen and oxygen atoms in total. The summed E-state index contributed by atoms with van der Waals surface area (Å²) in [5, 5.41) is 14.0. The number of carbonyl (C=O) groups is 2. The molecule has 4 rings (SSSR count). The van der Waals surface area contributed by atoms with E-state index in [0.29, 0.717) is 13.1 Å². The van der Waals surface area contributed by atoms with Crippen LogP contribution >= 0.6 is 0 Å². The van der Waals surface area contributed by atoms with Gasteiger partial charge in [-0.25, -0.2) is 9.67 Å². The molecule has 0 aliphatic carbocycles. The van der Waals surface area contributed by atoms with Crippen LogP contribution in [0.1, 0.15) is 17.8 Å². The Bertz CT molecular complexity index is 761. The molecule has 0 radical (unpaired) electrons. The monoisotopic (exact) mass is 346 g/mol. The van der Waals surface area contributed by atoms with Crippen LogP contribution in [0.5, 0.6) is 11.5 Å². The Balaban J connectivity index is 0.000000569. The molecule has 1 aromatic carbocycles. The van der Waals surface area contributed by atoms with Gasteiger partial charge < -0.3 is 19.9 Å². The van der Waals surface area contributed by atoms with Gasteiger partial charge in [0.05, 0.1) is 12.5 Å². The molecule has 3 heterocycles. The maximum atomic E-state index is 12.3. The molecule has 25 heavy (non-hydrogen) atoms. The second kappa shape index (κ2) is 7.65. The van der Waals surface area contributed by atoms with E-state index in [2.05, 4.69) is 15.4 Å². The van der Waals surface area contributed by atoms with Gasteiger partial charge in [0, 0.05) is 13.0 Å². The number of aromatic nitrogens is 3. The van der Waals surface area contributed by atoms with Crippen molar-refractivity contribution in [2.45, 2.75) is 25.9 Å². The summed E-state index contributed by atoms with van der Waals surface area (Å²) in [6.45, 7) is 1.09. The molecular formula is C16H18N4O5. The Hall–Kier alpha value is -3.10. The molecule has 2 aliphatic rings. The first-order valence-electron chi connectivity index (χ1n) is 7.82. The van der Waals surface area contributed by atoms with Gasteiger partial charge in [0.15, 0.2) is 11.5 Å². The Morgan fingerprint density at radius 1 is 1.40 bits per heavy atom. The predicted octanol–water partition coefficient (Wildman–Crippen LogP) is 0.586. The van der Waals surface area contributed by atoms with Crippen LogP contribution in [0, 0.1) is 5.92 Å². The van der Waals surface area contributed by atoms with E-state index in [1.807, 2.05) is 22.9 Å². The van der Waals surface area contributed by atoms with Gasteiger partial charge in [-0.3, -0.25) is 9.59 Å². The lowest BCUT2D eigenvalue weighted by Gasteiger charge is -2.21. The van der Waals surface area contributed by atoms with Crippen LogP contribution in [-0.2, 0) is 29.1 Å². The van der Waals surface area contributed by atoms with E-state index < -0.39 is 0 Å². The highest BCUT2D eigenvalue weighted by molar-refractivity contribution is 5.78. The number of fused-ring (bicyclic) bond motifs is 2. The van der Waals surface area contributed by atoms with Crippen molar-refractivity contribution in [1.82, 2.24) is 20.1 Å². The van der Waals surface area contributed by atoms with Crippen LogP contribution in [0.25, 0.3) is 0 Å². The number of nitrogens with zero attached hydrogens (tertiary/aromatic N) is 3. The van der Waals surface area contributed by atoms with E-state index in [0.717, 1.165) is 35.7 Å². The minimum Gasteiger partial charge on any atom is -0.483 e. The number of carbonyl (C=O) groups excluding carboxylic acids is 1. The first-order valence-corrected chi connectivity index (χ1v) is 7.82. The fraction of sp³-hybridized carbons (Fsp3) is 0.375. The van der Waals surface area contributed by atoms with E-state index in [1.54, 1.807) is 6.33 Å². The number of hydrogen-bond acceptors (Lipinski definition) is 6. The number of hydrogen-bond donors (Lipinski definition) is 2. The van der Waals surface area contributed by atoms with Gasteiger partial charge in [0.2, 0.25) is 12.7 Å². The summed E-state index contributed by atoms with van der Waals surface area (Å²) in [5.74, 6) is 2.44. The number of nitrogens with one attached hydrogen (secondary N) is 1. The minimum absolute atomic E-state index is 0.0526. The molecule has 0 fully saturated rings. The number of ether oxygens (including phenoxy) is 2. The van der Waals surface area contributed by atoms with Crippen LogP contribution in [0.3, 0.4) is 0 Å². The number of rotatable bonds is 3. The normalized spacial score (nSPS) is 17.0. The smallest absolute Gasteiger partial charge is 0.290 e. The highest BCUT2D eigenvalue weighted by Gasteiger charge is 2.25. The van der Waals surface area contributed by atoms with Gasteiger partial charge in [-0.1, -0.05) is 6.07 Å². The van der Waals surface area contributed by atoms with Crippen molar-refractivity contribution in [2.75, 3.05) is 6.79 Å². The maximum absolute atomic E-state index is 12.3. The summed E-state index contributed by atoms with van der Waals surface area (Å²) in [4.78, 5) is 24.8. The largest absolute Gasteiger partial charge is 0.483 e. The average molecular weight is 346 g/mol. The first-order chi connectivity index (χ1) is 12.2. The molecule has 1 amide bonds. The zero-order valence-electron chi connectivity index (χ0n) is 13.4. The summed E-state index contributed by atoms with van der Waals surface area (Å²) in [7, 11) is 0. The van der Waals surface area contributed by atoms with Crippen LogP contribution in [0.4, 0.5) is 0 Å². The van der Waals surface area contributed by atoms with Crippen molar-refractivity contribution >= 4 is 12.4 Å². The van der Waals surface area contributed by atoms with Crippen molar-refractivity contribution in [3.05, 3.63) is 35.9 Å². The average Bonchev–Trinajstić information content (AvgIpc) is 3.27. The summed E-state index contributed by atoms with van der Waals surface area (Å²) < 4.78 is 12.4. The third-order valence-electron chi connectivity index (χ3n) is 4.08. The lowest BCUT2D eigenvalue weighted by molar-refractivity contribution is -0.126. The molecule has 2 N–H and O–H groups in total. The second-order valence-corrected chi connectivity index (χ2v) is 5.60. The fourth-order valence-electron chi connectivity index (χ4n) is 2.84. The first kappa shape index (κ1) is 16.7. The van der Waals surface area contributed by atoms with E-state index in [9.17, 15) is 4.79 Å². The Labute approximate surface area is 143 Å². The lowest BCUT2D eigenvalue weighted by Crippen LogP contribution is -2.36. The van der Waals surface area contributed by atoms with Crippen LogP contribution in [0.2, 0.25) is 0 Å². The van der Waals surface area contributed by atoms with Gasteiger partial charge in [-0.05, 0) is 24.1 Å². The highest BCUT2D eigenvalue weighted by atomic mass is 16.7. The maximum Gasteiger partial charge on any atom is 0.290 e. The third kappa shape index (κ3) is 3.87. The molecule has 0 saturated heterocycles. The summed E-state index contributed by atoms with van der Waals surface area (Å²) in [6, 6.07) is 5.70. The number of amides is 1. The SMILES string of the molecule is O=C(NCc1ccc2c(c1)OCO2)C1CCc2ncnn2C1.O=CO. The molecule has 1 atom stereocenters. The summed E-state index contributed by atoms with van der Waals surface area (Å²) in [6.07, 6.45) is 3.15. The molecule has 0 spiro atoms. The predicted molar refractivity (Wildman–Crippen MR) is 84.9 cm³/mol. The van der Waals surface area contributed by atoms with E-state index in [-0.39, 0.29) is 25.1 Å². The Morgan fingerprint density at radius 3 is 3.04 bits per heavy atom. The third-order valence-corrected chi connectivity index (χ3v) is 4.08. The van der Waals surface area contributed by atoms with Crippen LogP contribution in [-0.4, -0.2) is 39.0 Å². The van der Waals surface area contributed by atoms with Crippen molar-refractivity contribution in [3.63, 3.8) is 0 Å². The van der Waals surface area contributed by atoms with Gasteiger partial charge in [0.25, 0.3) is 6.47 Å². The Morgan fingerprint density at radius 2 is 2.20 bits per heavy atom. The highest BCUT2D eigenvalue weighted by Crippen LogP contribution is 2.32. The van der Waals surface area contributed by atoms with Crippen molar-refractivity contribution < 1.29 is 24.2 Å². The van der Waals surface area contributed by atoms with E-state index >= 15 is 0 Å². The van der Waals surface area contributed by atoms with Gasteiger partial charge >= 0.3 is 0 Å². The summed E-state index contributed by atoms with van der Waals surface area (Å²) in [5.41, 5.74) is 0.995.